The summed E-state index contributed by atoms with van der Waals surface area (Å²) < 4.78 is 0. The van der Waals surface area contributed by atoms with E-state index in [0.29, 0.717) is 5.02 Å². The highest BCUT2D eigenvalue weighted by Crippen LogP contribution is 2.12. The van der Waals surface area contributed by atoms with Crippen molar-refractivity contribution in [3.05, 3.63) is 58.6 Å². The summed E-state index contributed by atoms with van der Waals surface area (Å²) in [7, 11) is -0.470. The number of hydrogen-bond acceptors (Lipinski definition) is 0. The van der Waals surface area contributed by atoms with E-state index in [1.165, 1.54) is 10.4 Å². The SMILES string of the molecule is Clc1ccc([SiH2]c2ccccc2)c(Cl)c1. The number of benzene rings is 2. The van der Waals surface area contributed by atoms with E-state index in [9.17, 15) is 0 Å². The average molecular weight is 253 g/mol. The van der Waals surface area contributed by atoms with Crippen molar-refractivity contribution in [1.82, 2.24) is 0 Å². The molecule has 0 aliphatic carbocycles. The lowest BCUT2D eigenvalue weighted by Gasteiger charge is -2.03. The summed E-state index contributed by atoms with van der Waals surface area (Å²) in [5, 5.41) is 4.12. The van der Waals surface area contributed by atoms with Crippen LogP contribution >= 0.6 is 23.2 Å². The van der Waals surface area contributed by atoms with Gasteiger partial charge in [0.15, 0.2) is 0 Å². The van der Waals surface area contributed by atoms with Crippen molar-refractivity contribution in [3.63, 3.8) is 0 Å². The highest BCUT2D eigenvalue weighted by Gasteiger charge is 2.02. The molecular weight excluding hydrogens is 243 g/mol. The van der Waals surface area contributed by atoms with Gasteiger partial charge in [0, 0.05) is 10.0 Å². The lowest BCUT2D eigenvalue weighted by Crippen LogP contribution is -2.27. The number of hydrogen-bond donors (Lipinski definition) is 0. The maximum atomic E-state index is 6.13. The van der Waals surface area contributed by atoms with Crippen LogP contribution in [0.2, 0.25) is 10.0 Å². The van der Waals surface area contributed by atoms with Gasteiger partial charge in [-0.25, -0.2) is 0 Å². The standard InChI is InChI=1S/C12H10Cl2Si/c13-9-6-7-12(11(14)8-9)15-10-4-2-1-3-5-10/h1-8H,15H2. The van der Waals surface area contributed by atoms with E-state index in [4.69, 9.17) is 23.2 Å². The van der Waals surface area contributed by atoms with E-state index >= 15 is 0 Å². The fourth-order valence-corrected chi connectivity index (χ4v) is 3.54. The van der Waals surface area contributed by atoms with Gasteiger partial charge in [-0.15, -0.1) is 0 Å². The highest BCUT2D eigenvalue weighted by molar-refractivity contribution is 6.70. The van der Waals surface area contributed by atoms with Crippen molar-refractivity contribution in [2.24, 2.45) is 0 Å². The Balaban J connectivity index is 2.25. The van der Waals surface area contributed by atoms with E-state index in [-0.39, 0.29) is 0 Å². The van der Waals surface area contributed by atoms with Crippen LogP contribution < -0.4 is 10.4 Å². The highest BCUT2D eigenvalue weighted by atomic mass is 35.5. The Bertz CT molecular complexity index is 454. The molecule has 0 aromatic heterocycles. The monoisotopic (exact) mass is 252 g/mol. The van der Waals surface area contributed by atoms with E-state index in [1.54, 1.807) is 0 Å². The molecule has 0 amide bonds. The summed E-state index contributed by atoms with van der Waals surface area (Å²) in [5.74, 6) is 0. The Kier molecular flexibility index (Phi) is 3.47. The fourth-order valence-electron chi connectivity index (χ4n) is 1.48. The normalized spacial score (nSPS) is 11.1. The zero-order valence-electron chi connectivity index (χ0n) is 8.08. The zero-order valence-corrected chi connectivity index (χ0v) is 11.0. The molecule has 76 valence electrons. The van der Waals surface area contributed by atoms with Crippen LogP contribution in [0.4, 0.5) is 0 Å². The van der Waals surface area contributed by atoms with Crippen LogP contribution in [0.15, 0.2) is 48.5 Å². The van der Waals surface area contributed by atoms with Gasteiger partial charge >= 0.3 is 0 Å². The smallest absolute Gasteiger partial charge is 0.0844 e. The van der Waals surface area contributed by atoms with E-state index in [2.05, 4.69) is 24.3 Å². The molecule has 0 saturated heterocycles. The molecule has 0 aliphatic heterocycles. The molecule has 2 aromatic carbocycles. The van der Waals surface area contributed by atoms with Crippen molar-refractivity contribution < 1.29 is 0 Å². The minimum absolute atomic E-state index is 0.470. The molecule has 0 fully saturated rings. The summed E-state index contributed by atoms with van der Waals surface area (Å²) in [6.45, 7) is 0. The molecule has 0 N–H and O–H groups in total. The molecule has 0 unspecified atom stereocenters. The molecule has 15 heavy (non-hydrogen) atoms. The van der Waals surface area contributed by atoms with Gasteiger partial charge in [0.25, 0.3) is 0 Å². The van der Waals surface area contributed by atoms with E-state index in [1.807, 2.05) is 24.3 Å². The zero-order chi connectivity index (χ0) is 10.7. The minimum atomic E-state index is -0.470. The van der Waals surface area contributed by atoms with Crippen LogP contribution in [-0.4, -0.2) is 9.52 Å². The third-order valence-electron chi connectivity index (χ3n) is 2.25. The quantitative estimate of drug-likeness (QED) is 0.719. The van der Waals surface area contributed by atoms with Gasteiger partial charge in [-0.3, -0.25) is 0 Å². The van der Waals surface area contributed by atoms with Gasteiger partial charge in [0.2, 0.25) is 0 Å². The van der Waals surface area contributed by atoms with E-state index < -0.39 is 9.52 Å². The summed E-state index contributed by atoms with van der Waals surface area (Å²) in [5.41, 5.74) is 0. The molecule has 0 radical (unpaired) electrons. The van der Waals surface area contributed by atoms with Crippen molar-refractivity contribution in [3.8, 4) is 0 Å². The summed E-state index contributed by atoms with van der Waals surface area (Å²) in [4.78, 5) is 0. The third-order valence-corrected chi connectivity index (χ3v) is 4.94. The van der Waals surface area contributed by atoms with Crippen molar-refractivity contribution >= 4 is 43.1 Å². The second kappa shape index (κ2) is 4.84. The fraction of sp³-hybridized carbons (Fsp3) is 0. The van der Waals surface area contributed by atoms with Crippen LogP contribution in [-0.2, 0) is 0 Å². The van der Waals surface area contributed by atoms with Gasteiger partial charge in [-0.1, -0.05) is 64.8 Å². The lowest BCUT2D eigenvalue weighted by molar-refractivity contribution is 1.74. The summed E-state index contributed by atoms with van der Waals surface area (Å²) in [6.07, 6.45) is 0. The second-order valence-electron chi connectivity index (χ2n) is 3.40. The molecule has 0 heterocycles. The maximum absolute atomic E-state index is 6.13. The Morgan fingerprint density at radius 1 is 0.867 bits per heavy atom. The lowest BCUT2D eigenvalue weighted by atomic mass is 10.4. The molecule has 2 aromatic rings. The maximum Gasteiger partial charge on any atom is 0.0894 e. The molecule has 0 saturated carbocycles. The van der Waals surface area contributed by atoms with Gasteiger partial charge in [-0.05, 0) is 17.3 Å². The molecular formula is C12H10Cl2Si. The van der Waals surface area contributed by atoms with Gasteiger partial charge in [0.05, 0.1) is 9.52 Å². The van der Waals surface area contributed by atoms with E-state index in [0.717, 1.165) is 5.02 Å². The average Bonchev–Trinajstić information content (AvgIpc) is 2.24. The van der Waals surface area contributed by atoms with Crippen LogP contribution in [0.3, 0.4) is 0 Å². The van der Waals surface area contributed by atoms with Crippen LogP contribution in [0.25, 0.3) is 0 Å². The first-order chi connectivity index (χ1) is 7.25. The summed E-state index contributed by atoms with van der Waals surface area (Å²) in [6, 6.07) is 16.2. The van der Waals surface area contributed by atoms with Gasteiger partial charge < -0.3 is 0 Å². The van der Waals surface area contributed by atoms with Gasteiger partial charge in [0.1, 0.15) is 0 Å². The molecule has 0 atom stereocenters. The van der Waals surface area contributed by atoms with Crippen LogP contribution in [0, 0.1) is 0 Å². The molecule has 0 nitrogen and oxygen atoms in total. The van der Waals surface area contributed by atoms with Crippen LogP contribution in [0.1, 0.15) is 0 Å². The first kappa shape index (κ1) is 10.7. The summed E-state index contributed by atoms with van der Waals surface area (Å²) >= 11 is 12.0. The third kappa shape index (κ3) is 2.85. The number of rotatable bonds is 2. The molecule has 2 rings (SSSR count). The topological polar surface area (TPSA) is 0 Å². The van der Waals surface area contributed by atoms with Crippen molar-refractivity contribution in [1.29, 1.82) is 0 Å². The molecule has 0 bridgehead atoms. The van der Waals surface area contributed by atoms with Crippen molar-refractivity contribution in [2.45, 2.75) is 0 Å². The predicted octanol–water partition coefficient (Wildman–Crippen LogP) is 2.11. The Morgan fingerprint density at radius 3 is 2.27 bits per heavy atom. The second-order valence-corrected chi connectivity index (χ2v) is 6.17. The molecule has 0 spiro atoms. The number of halogens is 2. The Hall–Kier alpha value is -0.763. The van der Waals surface area contributed by atoms with Crippen molar-refractivity contribution in [2.75, 3.05) is 0 Å². The molecule has 3 heteroatoms. The largest absolute Gasteiger partial charge is 0.0894 e. The Morgan fingerprint density at radius 2 is 1.60 bits per heavy atom. The predicted molar refractivity (Wildman–Crippen MR) is 70.7 cm³/mol. The first-order valence-electron chi connectivity index (χ1n) is 4.73. The minimum Gasteiger partial charge on any atom is -0.0844 e. The first-order valence-corrected chi connectivity index (χ1v) is 6.90. The Labute approximate surface area is 102 Å². The van der Waals surface area contributed by atoms with Crippen LogP contribution in [0.5, 0.6) is 0 Å². The van der Waals surface area contributed by atoms with Gasteiger partial charge in [-0.2, -0.15) is 0 Å². The molecule has 0 aliphatic rings.